The second-order valence-electron chi connectivity index (χ2n) is 7.64. The van der Waals surface area contributed by atoms with Gasteiger partial charge in [0.2, 0.25) is 0 Å². The Labute approximate surface area is 196 Å². The van der Waals surface area contributed by atoms with Crippen molar-refractivity contribution in [3.05, 3.63) is 51.3 Å². The highest BCUT2D eigenvalue weighted by Crippen LogP contribution is 2.26. The Bertz CT molecular complexity index is 1340. The lowest BCUT2D eigenvalue weighted by Crippen LogP contribution is -2.62. The summed E-state index contributed by atoms with van der Waals surface area (Å²) in [5, 5.41) is 16.3. The number of benzene rings is 1. The predicted octanol–water partition coefficient (Wildman–Crippen LogP) is 1.94. The van der Waals surface area contributed by atoms with Crippen LogP contribution < -0.4 is 26.9 Å². The first kappa shape index (κ1) is 23.5. The SMILES string of the molecule is C[C@H](Nc1ncnc(N)c1C#N)c1nc2cccc(Cl)c2c(=O)n1N1CCNC(C(F)(F)F)C1. The number of piperazine rings is 1. The van der Waals surface area contributed by atoms with Gasteiger partial charge in [0.25, 0.3) is 5.56 Å². The number of nitrogens with two attached hydrogens (primary N) is 1. The van der Waals surface area contributed by atoms with Gasteiger partial charge >= 0.3 is 6.18 Å². The Hall–Kier alpha value is -3.63. The summed E-state index contributed by atoms with van der Waals surface area (Å²) in [5.74, 6) is 0.171. The molecule has 0 saturated carbocycles. The van der Waals surface area contributed by atoms with Gasteiger partial charge in [-0.2, -0.15) is 18.4 Å². The molecule has 4 N–H and O–H groups in total. The van der Waals surface area contributed by atoms with Crippen molar-refractivity contribution in [2.75, 3.05) is 35.7 Å². The van der Waals surface area contributed by atoms with Crippen molar-refractivity contribution in [1.29, 1.82) is 5.26 Å². The summed E-state index contributed by atoms with van der Waals surface area (Å²) in [6, 6.07) is 4.02. The minimum absolute atomic E-state index is 0.000546. The van der Waals surface area contributed by atoms with Gasteiger partial charge < -0.3 is 21.4 Å². The summed E-state index contributed by atoms with van der Waals surface area (Å²) in [6.07, 6.45) is -3.34. The molecular weight excluding hydrogens is 475 g/mol. The number of nitrogens with zero attached hydrogens (tertiary/aromatic N) is 6. The first-order valence-corrected chi connectivity index (χ1v) is 10.5. The number of rotatable bonds is 4. The third kappa shape index (κ3) is 4.29. The smallest absolute Gasteiger partial charge is 0.382 e. The van der Waals surface area contributed by atoms with Crippen LogP contribution in [0.4, 0.5) is 24.8 Å². The third-order valence-corrected chi connectivity index (χ3v) is 5.73. The second-order valence-corrected chi connectivity index (χ2v) is 8.05. The Kier molecular flexibility index (Phi) is 6.20. The first-order chi connectivity index (χ1) is 16.1. The molecule has 1 unspecified atom stereocenters. The molecule has 34 heavy (non-hydrogen) atoms. The van der Waals surface area contributed by atoms with E-state index in [4.69, 9.17) is 17.3 Å². The van der Waals surface area contributed by atoms with E-state index in [0.717, 1.165) is 11.0 Å². The number of hydrogen-bond donors (Lipinski definition) is 3. The minimum Gasteiger partial charge on any atom is -0.382 e. The van der Waals surface area contributed by atoms with Crippen molar-refractivity contribution >= 4 is 34.1 Å². The molecule has 1 aliphatic rings. The zero-order valence-electron chi connectivity index (χ0n) is 17.8. The van der Waals surface area contributed by atoms with E-state index in [0.29, 0.717) is 0 Å². The van der Waals surface area contributed by atoms with Crippen LogP contribution in [0.1, 0.15) is 24.4 Å². The van der Waals surface area contributed by atoms with E-state index in [1.165, 1.54) is 11.1 Å². The van der Waals surface area contributed by atoms with Gasteiger partial charge in [-0.15, -0.1) is 0 Å². The molecule has 3 heterocycles. The minimum atomic E-state index is -4.51. The van der Waals surface area contributed by atoms with E-state index in [1.807, 2.05) is 6.07 Å². The van der Waals surface area contributed by atoms with Crippen molar-refractivity contribution < 1.29 is 13.2 Å². The largest absolute Gasteiger partial charge is 0.405 e. The van der Waals surface area contributed by atoms with Crippen LogP contribution in [0.2, 0.25) is 5.02 Å². The van der Waals surface area contributed by atoms with Crippen LogP contribution in [0.5, 0.6) is 0 Å². The summed E-state index contributed by atoms with van der Waals surface area (Å²) < 4.78 is 41.4. The maximum Gasteiger partial charge on any atom is 0.405 e. The van der Waals surface area contributed by atoms with Gasteiger partial charge in [-0.3, -0.25) is 4.79 Å². The maximum absolute atomic E-state index is 13.5. The summed E-state index contributed by atoms with van der Waals surface area (Å²) in [4.78, 5) is 25.9. The second kappa shape index (κ2) is 8.96. The van der Waals surface area contributed by atoms with Gasteiger partial charge in [0, 0.05) is 13.1 Å². The molecular formula is C20H19ClF3N9O. The van der Waals surface area contributed by atoms with Gasteiger partial charge in [-0.05, 0) is 19.1 Å². The fourth-order valence-electron chi connectivity index (χ4n) is 3.78. The molecule has 10 nitrogen and oxygen atoms in total. The average Bonchev–Trinajstić information content (AvgIpc) is 2.78. The number of fused-ring (bicyclic) bond motifs is 1. The molecule has 4 rings (SSSR count). The van der Waals surface area contributed by atoms with Crippen LogP contribution >= 0.6 is 11.6 Å². The van der Waals surface area contributed by atoms with Gasteiger partial charge in [0.05, 0.1) is 28.5 Å². The summed E-state index contributed by atoms with van der Waals surface area (Å²) in [5.41, 5.74) is 5.41. The quantitative estimate of drug-likeness (QED) is 0.497. The highest BCUT2D eigenvalue weighted by molar-refractivity contribution is 6.35. The normalized spacial score (nSPS) is 17.4. The predicted molar refractivity (Wildman–Crippen MR) is 120 cm³/mol. The molecule has 3 aromatic rings. The van der Waals surface area contributed by atoms with Crippen LogP contribution in [-0.4, -0.2) is 51.5 Å². The lowest BCUT2D eigenvalue weighted by atomic mass is 10.2. The summed E-state index contributed by atoms with van der Waals surface area (Å²) in [6.45, 7) is 1.25. The first-order valence-electron chi connectivity index (χ1n) is 10.2. The summed E-state index contributed by atoms with van der Waals surface area (Å²) >= 11 is 6.25. The van der Waals surface area contributed by atoms with E-state index in [-0.39, 0.29) is 52.0 Å². The number of halogens is 4. The zero-order chi connectivity index (χ0) is 24.6. The number of anilines is 2. The molecule has 1 aliphatic heterocycles. The number of hydrogen-bond acceptors (Lipinski definition) is 9. The van der Waals surface area contributed by atoms with E-state index in [2.05, 4.69) is 25.6 Å². The topological polar surface area (TPSA) is 138 Å². The van der Waals surface area contributed by atoms with Crippen molar-refractivity contribution in [1.82, 2.24) is 24.9 Å². The molecule has 0 spiro atoms. The molecule has 0 radical (unpaired) electrons. The molecule has 178 valence electrons. The van der Waals surface area contributed by atoms with Crippen molar-refractivity contribution in [3.8, 4) is 6.07 Å². The van der Waals surface area contributed by atoms with Crippen molar-refractivity contribution in [2.45, 2.75) is 25.2 Å². The van der Waals surface area contributed by atoms with Crippen LogP contribution in [0.15, 0.2) is 29.3 Å². The Morgan fingerprint density at radius 2 is 2.15 bits per heavy atom. The molecule has 1 aromatic carbocycles. The standard InChI is InChI=1S/C20H19ClF3N9O/c1-10(30-17-11(7-25)16(26)28-9-29-17)18-31-13-4-2-3-12(21)15(13)19(34)33(18)32-6-5-27-14(8-32)20(22,23)24/h2-4,9-10,14,27H,5-6,8H2,1H3,(H3,26,28,29,30)/t10-,14?/m0/s1. The Morgan fingerprint density at radius 3 is 2.85 bits per heavy atom. The highest BCUT2D eigenvalue weighted by atomic mass is 35.5. The van der Waals surface area contributed by atoms with Crippen LogP contribution in [0, 0.1) is 11.3 Å². The van der Waals surface area contributed by atoms with Crippen LogP contribution in [0.3, 0.4) is 0 Å². The summed E-state index contributed by atoms with van der Waals surface area (Å²) in [7, 11) is 0. The van der Waals surface area contributed by atoms with Crippen molar-refractivity contribution in [2.24, 2.45) is 0 Å². The van der Waals surface area contributed by atoms with E-state index >= 15 is 0 Å². The van der Waals surface area contributed by atoms with E-state index in [9.17, 15) is 23.2 Å². The Balaban J connectivity index is 1.85. The van der Waals surface area contributed by atoms with Gasteiger partial charge in [-0.25, -0.2) is 19.6 Å². The average molecular weight is 494 g/mol. The Morgan fingerprint density at radius 1 is 1.38 bits per heavy atom. The van der Waals surface area contributed by atoms with Gasteiger partial charge in [-0.1, -0.05) is 17.7 Å². The highest BCUT2D eigenvalue weighted by Gasteiger charge is 2.42. The fourth-order valence-corrected chi connectivity index (χ4v) is 4.03. The maximum atomic E-state index is 13.5. The van der Waals surface area contributed by atoms with Gasteiger partial charge in [0.15, 0.2) is 5.82 Å². The molecule has 2 aromatic heterocycles. The lowest BCUT2D eigenvalue weighted by molar-refractivity contribution is -0.156. The third-order valence-electron chi connectivity index (χ3n) is 5.41. The number of alkyl halides is 3. The van der Waals surface area contributed by atoms with Crippen LogP contribution in [-0.2, 0) is 0 Å². The molecule has 0 amide bonds. The molecule has 0 bridgehead atoms. The molecule has 1 fully saturated rings. The van der Waals surface area contributed by atoms with Crippen molar-refractivity contribution in [3.63, 3.8) is 0 Å². The monoisotopic (exact) mass is 493 g/mol. The zero-order valence-corrected chi connectivity index (χ0v) is 18.5. The lowest BCUT2D eigenvalue weighted by Gasteiger charge is -2.38. The van der Waals surface area contributed by atoms with Crippen LogP contribution in [0.25, 0.3) is 10.9 Å². The molecule has 14 heteroatoms. The van der Waals surface area contributed by atoms with E-state index < -0.39 is 30.4 Å². The number of nitrogens with one attached hydrogen (secondary N) is 2. The number of nitriles is 1. The van der Waals surface area contributed by atoms with E-state index in [1.54, 1.807) is 19.1 Å². The number of aromatic nitrogens is 4. The molecule has 2 atom stereocenters. The molecule has 1 saturated heterocycles. The number of nitrogen functional groups attached to an aromatic ring is 1. The fraction of sp³-hybridized carbons (Fsp3) is 0.350. The van der Waals surface area contributed by atoms with Gasteiger partial charge in [0.1, 0.15) is 35.6 Å². The molecule has 0 aliphatic carbocycles.